The number of rotatable bonds is 2. The van der Waals surface area contributed by atoms with Crippen LogP contribution in [0.4, 0.5) is 5.69 Å². The molecule has 2 heterocycles. The van der Waals surface area contributed by atoms with Gasteiger partial charge in [-0.1, -0.05) is 12.2 Å². The fraction of sp³-hybridized carbons (Fsp3) is 0.278. The molecule has 0 bridgehead atoms. The Kier molecular flexibility index (Phi) is 2.96. The molecule has 0 radical (unpaired) electrons. The SMILES string of the molecule is CC(=O)c1ccc2c(c1)C1C=CCC1C(c1ccsc1)N2. The topological polar surface area (TPSA) is 29.1 Å². The summed E-state index contributed by atoms with van der Waals surface area (Å²) in [5.41, 5.74) is 4.63. The van der Waals surface area contributed by atoms with Crippen LogP contribution in [0.5, 0.6) is 0 Å². The third-order valence-corrected chi connectivity index (χ3v) is 5.37. The number of carbonyl (C=O) groups excluding carboxylic acids is 1. The molecule has 106 valence electrons. The maximum atomic E-state index is 11.6. The minimum Gasteiger partial charge on any atom is -0.378 e. The molecule has 1 aliphatic heterocycles. The third-order valence-electron chi connectivity index (χ3n) is 4.67. The first kappa shape index (κ1) is 12.8. The summed E-state index contributed by atoms with van der Waals surface area (Å²) in [6.07, 6.45) is 5.70. The van der Waals surface area contributed by atoms with Gasteiger partial charge in [0.25, 0.3) is 0 Å². The number of anilines is 1. The van der Waals surface area contributed by atoms with Crippen LogP contribution in [0.2, 0.25) is 0 Å². The van der Waals surface area contributed by atoms with Gasteiger partial charge >= 0.3 is 0 Å². The van der Waals surface area contributed by atoms with Crippen molar-refractivity contribution >= 4 is 22.8 Å². The van der Waals surface area contributed by atoms with E-state index in [0.717, 1.165) is 12.0 Å². The van der Waals surface area contributed by atoms with E-state index in [1.54, 1.807) is 18.3 Å². The molecule has 1 aromatic carbocycles. The van der Waals surface area contributed by atoms with Gasteiger partial charge in [-0.2, -0.15) is 11.3 Å². The zero-order valence-electron chi connectivity index (χ0n) is 11.9. The van der Waals surface area contributed by atoms with E-state index in [1.165, 1.54) is 16.8 Å². The number of hydrogen-bond acceptors (Lipinski definition) is 3. The molecule has 1 aliphatic carbocycles. The molecule has 3 unspecified atom stereocenters. The van der Waals surface area contributed by atoms with Crippen molar-refractivity contribution in [1.82, 2.24) is 0 Å². The standard InChI is InChI=1S/C18H17NOS/c1-11(20)12-5-6-17-16(9-12)14-3-2-4-15(14)18(19-17)13-7-8-21-10-13/h2-3,5-10,14-15,18-19H,4H2,1H3. The Morgan fingerprint density at radius 3 is 3.00 bits per heavy atom. The number of Topliss-reactive ketones (excluding diaryl/α,β-unsaturated/α-hetero) is 1. The van der Waals surface area contributed by atoms with Gasteiger partial charge in [0.1, 0.15) is 0 Å². The summed E-state index contributed by atoms with van der Waals surface area (Å²) in [5, 5.41) is 8.07. The first-order valence-electron chi connectivity index (χ1n) is 7.34. The van der Waals surface area contributed by atoms with E-state index in [-0.39, 0.29) is 5.78 Å². The number of allylic oxidation sites excluding steroid dienone is 2. The van der Waals surface area contributed by atoms with Crippen LogP contribution in [0, 0.1) is 5.92 Å². The third kappa shape index (κ3) is 2.04. The predicted octanol–water partition coefficient (Wildman–Crippen LogP) is 4.78. The molecule has 2 aromatic rings. The van der Waals surface area contributed by atoms with Crippen LogP contribution < -0.4 is 5.32 Å². The Hall–Kier alpha value is -1.87. The molecule has 0 amide bonds. The average molecular weight is 295 g/mol. The number of hydrogen-bond donors (Lipinski definition) is 1. The Labute approximate surface area is 128 Å². The highest BCUT2D eigenvalue weighted by Crippen LogP contribution is 2.50. The number of thiophene rings is 1. The van der Waals surface area contributed by atoms with Crippen molar-refractivity contribution in [1.29, 1.82) is 0 Å². The van der Waals surface area contributed by atoms with E-state index < -0.39 is 0 Å². The van der Waals surface area contributed by atoms with Gasteiger partial charge in [0, 0.05) is 17.2 Å². The molecule has 0 saturated heterocycles. The maximum absolute atomic E-state index is 11.6. The Balaban J connectivity index is 1.80. The van der Waals surface area contributed by atoms with E-state index in [2.05, 4.69) is 46.4 Å². The molecule has 3 heteroatoms. The zero-order valence-corrected chi connectivity index (χ0v) is 12.7. The van der Waals surface area contributed by atoms with Gasteiger partial charge in [-0.25, -0.2) is 0 Å². The lowest BCUT2D eigenvalue weighted by Crippen LogP contribution is -2.28. The fourth-order valence-electron chi connectivity index (χ4n) is 3.60. The molecule has 2 aliphatic rings. The van der Waals surface area contributed by atoms with E-state index >= 15 is 0 Å². The number of benzene rings is 1. The quantitative estimate of drug-likeness (QED) is 0.638. The summed E-state index contributed by atoms with van der Waals surface area (Å²) >= 11 is 1.75. The van der Waals surface area contributed by atoms with Crippen molar-refractivity contribution in [3.05, 3.63) is 63.9 Å². The molecular weight excluding hydrogens is 278 g/mol. The van der Waals surface area contributed by atoms with Crippen molar-refractivity contribution in [2.75, 3.05) is 5.32 Å². The Morgan fingerprint density at radius 1 is 1.33 bits per heavy atom. The highest BCUT2D eigenvalue weighted by Gasteiger charge is 2.38. The molecular formula is C18H17NOS. The highest BCUT2D eigenvalue weighted by atomic mass is 32.1. The second kappa shape index (κ2) is 4.85. The monoisotopic (exact) mass is 295 g/mol. The van der Waals surface area contributed by atoms with Gasteiger partial charge in [0.15, 0.2) is 5.78 Å². The van der Waals surface area contributed by atoms with E-state index in [1.807, 2.05) is 6.07 Å². The fourth-order valence-corrected chi connectivity index (χ4v) is 4.29. The highest BCUT2D eigenvalue weighted by molar-refractivity contribution is 7.08. The molecule has 0 fully saturated rings. The van der Waals surface area contributed by atoms with Gasteiger partial charge in [0.05, 0.1) is 6.04 Å². The van der Waals surface area contributed by atoms with E-state index in [9.17, 15) is 4.79 Å². The van der Waals surface area contributed by atoms with Crippen LogP contribution in [-0.2, 0) is 0 Å². The molecule has 4 rings (SSSR count). The van der Waals surface area contributed by atoms with Crippen LogP contribution >= 0.6 is 11.3 Å². The van der Waals surface area contributed by atoms with Crippen molar-refractivity contribution in [2.45, 2.75) is 25.3 Å². The summed E-state index contributed by atoms with van der Waals surface area (Å²) in [4.78, 5) is 11.6. The number of ketones is 1. The van der Waals surface area contributed by atoms with Gasteiger partial charge in [-0.05, 0) is 65.4 Å². The number of nitrogens with one attached hydrogen (secondary N) is 1. The van der Waals surface area contributed by atoms with E-state index in [0.29, 0.717) is 17.9 Å². The number of fused-ring (bicyclic) bond motifs is 3. The minimum absolute atomic E-state index is 0.135. The van der Waals surface area contributed by atoms with Crippen LogP contribution in [-0.4, -0.2) is 5.78 Å². The lowest BCUT2D eigenvalue weighted by atomic mass is 9.77. The predicted molar refractivity (Wildman–Crippen MR) is 87.1 cm³/mol. The first-order valence-corrected chi connectivity index (χ1v) is 8.28. The minimum atomic E-state index is 0.135. The Bertz CT molecular complexity index is 717. The largest absolute Gasteiger partial charge is 0.378 e. The van der Waals surface area contributed by atoms with Crippen molar-refractivity contribution in [3.63, 3.8) is 0 Å². The van der Waals surface area contributed by atoms with Gasteiger partial charge < -0.3 is 5.32 Å². The summed E-state index contributed by atoms with van der Waals surface area (Å²) in [6, 6.07) is 8.65. The number of carbonyl (C=O) groups is 1. The molecule has 21 heavy (non-hydrogen) atoms. The van der Waals surface area contributed by atoms with Crippen molar-refractivity contribution in [2.24, 2.45) is 5.92 Å². The van der Waals surface area contributed by atoms with Crippen LogP contribution in [0.3, 0.4) is 0 Å². The molecule has 0 spiro atoms. The van der Waals surface area contributed by atoms with Crippen LogP contribution in [0.1, 0.15) is 46.8 Å². The van der Waals surface area contributed by atoms with Crippen molar-refractivity contribution < 1.29 is 4.79 Å². The normalized spacial score (nSPS) is 26.0. The van der Waals surface area contributed by atoms with Gasteiger partial charge in [-0.3, -0.25) is 4.79 Å². The molecule has 0 saturated carbocycles. The molecule has 3 atom stereocenters. The summed E-state index contributed by atoms with van der Waals surface area (Å²) in [5.74, 6) is 1.11. The Morgan fingerprint density at radius 2 is 2.24 bits per heavy atom. The summed E-state index contributed by atoms with van der Waals surface area (Å²) < 4.78 is 0. The van der Waals surface area contributed by atoms with Crippen LogP contribution in [0.15, 0.2) is 47.2 Å². The molecule has 1 N–H and O–H groups in total. The molecule has 2 nitrogen and oxygen atoms in total. The van der Waals surface area contributed by atoms with Gasteiger partial charge in [-0.15, -0.1) is 0 Å². The zero-order chi connectivity index (χ0) is 14.4. The smallest absolute Gasteiger partial charge is 0.159 e. The summed E-state index contributed by atoms with van der Waals surface area (Å²) in [6.45, 7) is 1.63. The lowest BCUT2D eigenvalue weighted by Gasteiger charge is -2.37. The van der Waals surface area contributed by atoms with Crippen molar-refractivity contribution in [3.8, 4) is 0 Å². The second-order valence-corrected chi connectivity index (χ2v) is 6.67. The van der Waals surface area contributed by atoms with Crippen LogP contribution in [0.25, 0.3) is 0 Å². The molecule has 1 aromatic heterocycles. The van der Waals surface area contributed by atoms with E-state index in [4.69, 9.17) is 0 Å². The average Bonchev–Trinajstić information content (AvgIpc) is 3.17. The first-order chi connectivity index (χ1) is 10.2. The second-order valence-electron chi connectivity index (χ2n) is 5.89. The maximum Gasteiger partial charge on any atom is 0.159 e. The lowest BCUT2D eigenvalue weighted by molar-refractivity contribution is 0.101. The summed E-state index contributed by atoms with van der Waals surface area (Å²) in [7, 11) is 0. The van der Waals surface area contributed by atoms with Gasteiger partial charge in [0.2, 0.25) is 0 Å².